The minimum atomic E-state index is 0. The van der Waals surface area contributed by atoms with E-state index in [-0.39, 0.29) is 37.1 Å². The Morgan fingerprint density at radius 3 is 1.26 bits per heavy atom. The van der Waals surface area contributed by atoms with Crippen LogP contribution >= 0.6 is 0 Å². The monoisotopic (exact) mass is 657 g/mol. The van der Waals surface area contributed by atoms with Gasteiger partial charge in [-0.25, -0.2) is 0 Å². The van der Waals surface area contributed by atoms with E-state index < -0.39 is 0 Å². The van der Waals surface area contributed by atoms with E-state index >= 15 is 0 Å². The highest BCUT2D eigenvalue weighted by atomic mass is 14.7. The van der Waals surface area contributed by atoms with E-state index in [4.69, 9.17) is 0 Å². The van der Waals surface area contributed by atoms with Crippen LogP contribution in [0.15, 0.2) is 0 Å². The van der Waals surface area contributed by atoms with Crippen LogP contribution in [0.2, 0.25) is 0 Å². The Labute approximate surface area is 300 Å². The molecule has 0 nitrogen and oxygen atoms in total. The molecule has 0 amide bonds. The molecule has 0 heteroatoms. The van der Waals surface area contributed by atoms with Crippen LogP contribution in [0.1, 0.15) is 207 Å². The lowest BCUT2D eigenvalue weighted by atomic mass is 9.29. The molecule has 5 rings (SSSR count). The molecule has 16 unspecified atom stereocenters. The molecule has 0 aromatic heterocycles. The zero-order valence-corrected chi connectivity index (χ0v) is 32.4. The van der Waals surface area contributed by atoms with Crippen LogP contribution in [0.3, 0.4) is 0 Å². The van der Waals surface area contributed by atoms with Crippen LogP contribution in [0, 0.1) is 94.2 Å². The first kappa shape index (κ1) is 58.2. The summed E-state index contributed by atoms with van der Waals surface area (Å²) >= 11 is 0. The highest BCUT2D eigenvalue weighted by Crippen LogP contribution is 2.76. The van der Waals surface area contributed by atoms with Crippen LogP contribution in [0.5, 0.6) is 0 Å². The Balaban J connectivity index is -0.000000245. The van der Waals surface area contributed by atoms with Crippen LogP contribution in [-0.4, -0.2) is 0 Å². The van der Waals surface area contributed by atoms with E-state index in [0.717, 1.165) is 88.8 Å². The molecule has 288 valence electrons. The van der Waals surface area contributed by atoms with Gasteiger partial charge in [-0.15, -0.1) is 0 Å². The molecule has 0 aromatic carbocycles. The lowest BCUT2D eigenvalue weighted by molar-refractivity contribution is -0.276. The van der Waals surface area contributed by atoms with Gasteiger partial charge in [-0.3, -0.25) is 0 Å². The van der Waals surface area contributed by atoms with E-state index in [9.17, 15) is 0 Å². The molecule has 16 atom stereocenters. The van der Waals surface area contributed by atoms with Crippen LogP contribution in [0.4, 0.5) is 0 Å². The molecule has 5 aliphatic carbocycles. The van der Waals surface area contributed by atoms with Crippen molar-refractivity contribution in [3.63, 3.8) is 0 Å². The first-order valence-corrected chi connectivity index (χ1v) is 19.7. The number of rotatable bonds is 1. The second kappa shape index (κ2) is 26.8. The van der Waals surface area contributed by atoms with Crippen molar-refractivity contribution < 1.29 is 0 Å². The summed E-state index contributed by atoms with van der Waals surface area (Å²) in [4.78, 5) is 0. The number of hydrogen-bond acceptors (Lipinski definition) is 0. The fourth-order valence-corrected chi connectivity index (χ4v) is 13.2. The number of hydrogen-bond donors (Lipinski definition) is 0. The lowest BCUT2D eigenvalue weighted by Gasteiger charge is -2.75. The van der Waals surface area contributed by atoms with Gasteiger partial charge in [0.25, 0.3) is 0 Å². The molecule has 0 N–H and O–H groups in total. The summed E-state index contributed by atoms with van der Waals surface area (Å²) in [7, 11) is 0. The third kappa shape index (κ3) is 9.82. The van der Waals surface area contributed by atoms with Gasteiger partial charge in [0.05, 0.1) is 0 Å². The van der Waals surface area contributed by atoms with Crippen LogP contribution < -0.4 is 0 Å². The van der Waals surface area contributed by atoms with Gasteiger partial charge in [0, 0.05) is 0 Å². The van der Waals surface area contributed by atoms with Gasteiger partial charge in [-0.05, 0) is 120 Å². The Morgan fingerprint density at radius 2 is 0.804 bits per heavy atom. The summed E-state index contributed by atoms with van der Waals surface area (Å²) in [5, 5.41) is 0. The zero-order valence-electron chi connectivity index (χ0n) is 32.4. The molecule has 5 aliphatic rings. The molecule has 5 fully saturated rings. The van der Waals surface area contributed by atoms with Crippen molar-refractivity contribution >= 4 is 0 Å². The van der Waals surface area contributed by atoms with E-state index in [1.165, 1.54) is 32.1 Å². The summed E-state index contributed by atoms with van der Waals surface area (Å²) in [6.45, 7) is 44.1. The topological polar surface area (TPSA) is 0 Å². The third-order valence-electron chi connectivity index (χ3n) is 13.3. The number of fused-ring (bicyclic) bond motifs is 1. The minimum absolute atomic E-state index is 0. The Bertz CT molecular complexity index is 665. The summed E-state index contributed by atoms with van der Waals surface area (Å²) in [5.41, 5.74) is 0.612. The van der Waals surface area contributed by atoms with Gasteiger partial charge in [0.2, 0.25) is 0 Å². The predicted molar refractivity (Wildman–Crippen MR) is 224 cm³/mol. The molecule has 46 heavy (non-hydrogen) atoms. The van der Waals surface area contributed by atoms with E-state index in [2.05, 4.69) is 62.3 Å². The molecule has 0 radical (unpaired) electrons. The van der Waals surface area contributed by atoms with Gasteiger partial charge < -0.3 is 0 Å². The van der Waals surface area contributed by atoms with Crippen molar-refractivity contribution in [2.24, 2.45) is 94.2 Å². The van der Waals surface area contributed by atoms with Gasteiger partial charge in [0.15, 0.2) is 0 Å². The first-order valence-electron chi connectivity index (χ1n) is 19.7. The van der Waals surface area contributed by atoms with Gasteiger partial charge >= 0.3 is 0 Å². The lowest BCUT2D eigenvalue weighted by Crippen LogP contribution is -2.70. The first-order chi connectivity index (χ1) is 19.7. The smallest absolute Gasteiger partial charge is 0.0174 e. The highest BCUT2D eigenvalue weighted by Gasteiger charge is 2.70. The van der Waals surface area contributed by atoms with Crippen molar-refractivity contribution in [3.8, 4) is 0 Å². The maximum atomic E-state index is 2.82. The molecular formula is C46H104. The van der Waals surface area contributed by atoms with E-state index in [1.807, 2.05) is 69.2 Å². The average molecular weight is 657 g/mol. The highest BCUT2D eigenvalue weighted by molar-refractivity contribution is 5.18. The van der Waals surface area contributed by atoms with Crippen molar-refractivity contribution in [2.75, 3.05) is 0 Å². The molecule has 0 saturated heterocycles. The summed E-state index contributed by atoms with van der Waals surface area (Å²) in [6, 6.07) is 0. The molecular weight excluding hydrogens is 553 g/mol. The average Bonchev–Trinajstić information content (AvgIpc) is 2.99. The van der Waals surface area contributed by atoms with E-state index in [0.29, 0.717) is 5.41 Å². The molecule has 0 heterocycles. The zero-order chi connectivity index (χ0) is 32.4. The second-order valence-corrected chi connectivity index (χ2v) is 14.3. The van der Waals surface area contributed by atoms with Crippen LogP contribution in [0.25, 0.3) is 0 Å². The standard InChI is InChI=1S/C31H54.5C2H6.5CH4/c1-10-24-15-21(7)29-19(5)14-20(6)30-25-12-11-16(2)26-17(3)13-18(4)27(28(25)26)23(9)31(29,30)22(24)8;5*1-2;;;;;/h16-30H,10-15H2,1-9H3;5*1-2H3;5*1H4. The fraction of sp³-hybridized carbons (Fsp3) is 1.00. The molecule has 0 aliphatic heterocycles. The Morgan fingerprint density at radius 1 is 0.413 bits per heavy atom. The van der Waals surface area contributed by atoms with Crippen molar-refractivity contribution in [1.82, 2.24) is 0 Å². The summed E-state index contributed by atoms with van der Waals surface area (Å²) < 4.78 is 0. The van der Waals surface area contributed by atoms with Crippen molar-refractivity contribution in [1.29, 1.82) is 0 Å². The predicted octanol–water partition coefficient (Wildman–Crippen LogP) is 17.1. The molecule has 5 saturated carbocycles. The maximum Gasteiger partial charge on any atom is -0.0174 e. The Hall–Kier alpha value is 0. The molecule has 0 bridgehead atoms. The maximum absolute atomic E-state index is 2.82. The van der Waals surface area contributed by atoms with E-state index in [1.54, 1.807) is 6.42 Å². The largest absolute Gasteiger partial charge is 0.0776 e. The Kier molecular flexibility index (Phi) is 33.9. The van der Waals surface area contributed by atoms with Gasteiger partial charge in [0.1, 0.15) is 0 Å². The van der Waals surface area contributed by atoms with Crippen LogP contribution in [-0.2, 0) is 0 Å². The van der Waals surface area contributed by atoms with Gasteiger partial charge in [-0.2, -0.15) is 0 Å². The SMILES string of the molecule is C.C.C.C.C.CC.CC.CC.CC.CC.CCC1CC(C)C2C(C)CC(C)C3C4CCC(C)C5C(C)CC(C)C(C45)C(C)C23C1C. The third-order valence-corrected chi connectivity index (χ3v) is 13.3. The summed E-state index contributed by atoms with van der Waals surface area (Å²) in [5.74, 6) is 14.5. The van der Waals surface area contributed by atoms with Crippen molar-refractivity contribution in [3.05, 3.63) is 0 Å². The normalized spacial score (nSPS) is 43.5. The van der Waals surface area contributed by atoms with Gasteiger partial charge in [-0.1, -0.05) is 182 Å². The summed E-state index contributed by atoms with van der Waals surface area (Å²) in [6.07, 6.45) is 9.01. The molecule has 0 aromatic rings. The molecule has 1 spiro atoms. The second-order valence-electron chi connectivity index (χ2n) is 14.3. The minimum Gasteiger partial charge on any atom is -0.0776 e. The quantitative estimate of drug-likeness (QED) is 0.263. The van der Waals surface area contributed by atoms with Crippen molar-refractivity contribution in [2.45, 2.75) is 207 Å². The fourth-order valence-electron chi connectivity index (χ4n) is 13.2.